The van der Waals surface area contributed by atoms with Gasteiger partial charge >= 0.3 is 5.97 Å². The molecule has 0 heterocycles. The van der Waals surface area contributed by atoms with Crippen molar-refractivity contribution >= 4 is 46.0 Å². The van der Waals surface area contributed by atoms with Crippen molar-refractivity contribution in [2.75, 3.05) is 27.3 Å². The number of hydrogen-bond acceptors (Lipinski definition) is 10. The van der Waals surface area contributed by atoms with Crippen LogP contribution in [0.25, 0.3) is 0 Å². The molecule has 0 aromatic heterocycles. The van der Waals surface area contributed by atoms with Crippen LogP contribution in [0, 0.1) is 15.4 Å². The maximum atomic E-state index is 13.7. The van der Waals surface area contributed by atoms with E-state index in [0.29, 0.717) is 5.56 Å². The highest BCUT2D eigenvalue weighted by Crippen LogP contribution is 2.52. The zero-order valence-electron chi connectivity index (χ0n) is 20.4. The summed E-state index contributed by atoms with van der Waals surface area (Å²) in [4.78, 5) is 53.2. The number of benzene rings is 1. The molecule has 4 rings (SSSR count). The molecule has 0 saturated heterocycles. The van der Waals surface area contributed by atoms with Gasteiger partial charge in [0.15, 0.2) is 18.0 Å². The summed E-state index contributed by atoms with van der Waals surface area (Å²) in [7, 11) is 3.23. The summed E-state index contributed by atoms with van der Waals surface area (Å²) in [6.07, 6.45) is 0.319. The van der Waals surface area contributed by atoms with Gasteiger partial charge in [-0.15, -0.1) is 0 Å². The average molecular weight is 626 g/mol. The highest BCUT2D eigenvalue weighted by Gasteiger charge is 2.63. The highest BCUT2D eigenvalue weighted by atomic mass is 127. The molecule has 1 amide bonds. The van der Waals surface area contributed by atoms with Gasteiger partial charge in [-0.05, 0) is 80.1 Å². The van der Waals surface area contributed by atoms with Crippen LogP contribution in [0.15, 0.2) is 34.8 Å². The number of phenolic OH excluding ortho intramolecular Hbond substituents is 1. The summed E-state index contributed by atoms with van der Waals surface area (Å²) in [5.41, 5.74) is 2.57. The number of amides is 1. The number of phenols is 1. The van der Waals surface area contributed by atoms with Gasteiger partial charge in [0.05, 0.1) is 18.2 Å². The van der Waals surface area contributed by atoms with Crippen molar-refractivity contribution in [3.8, 4) is 5.75 Å². The van der Waals surface area contributed by atoms with Gasteiger partial charge in [0.2, 0.25) is 5.78 Å². The molecule has 1 aromatic carbocycles. The molecule has 0 bridgehead atoms. The predicted octanol–water partition coefficient (Wildman–Crippen LogP) is 0.747. The Hall–Kier alpha value is -2.97. The van der Waals surface area contributed by atoms with E-state index in [2.05, 4.69) is 22.6 Å². The first-order valence-electron chi connectivity index (χ1n) is 11.6. The first-order valence-corrected chi connectivity index (χ1v) is 12.7. The van der Waals surface area contributed by atoms with E-state index in [1.807, 2.05) is 0 Å². The minimum atomic E-state index is -2.66. The molecule has 0 unspecified atom stereocenters. The number of aromatic hydroxyl groups is 1. The van der Waals surface area contributed by atoms with Crippen molar-refractivity contribution in [1.82, 2.24) is 4.90 Å². The Kier molecular flexibility index (Phi) is 7.12. The number of rotatable bonds is 6. The van der Waals surface area contributed by atoms with Crippen LogP contribution in [0.2, 0.25) is 0 Å². The second-order valence-electron chi connectivity index (χ2n) is 9.46. The largest absolute Gasteiger partial charge is 0.508 e. The maximum absolute atomic E-state index is 13.7. The first kappa shape index (κ1) is 27.1. The van der Waals surface area contributed by atoms with Gasteiger partial charge in [-0.2, -0.15) is 0 Å². The van der Waals surface area contributed by atoms with E-state index in [-0.39, 0.29) is 42.1 Å². The van der Waals surface area contributed by atoms with Gasteiger partial charge in [-0.1, -0.05) is 0 Å². The topological polar surface area (TPSA) is 177 Å². The summed E-state index contributed by atoms with van der Waals surface area (Å²) >= 11 is 2.06. The molecule has 37 heavy (non-hydrogen) atoms. The summed E-state index contributed by atoms with van der Waals surface area (Å²) in [5.74, 6) is -6.91. The van der Waals surface area contributed by atoms with Crippen molar-refractivity contribution < 1.29 is 44.0 Å². The van der Waals surface area contributed by atoms with Crippen LogP contribution in [0.4, 0.5) is 0 Å². The number of Topliss-reactive ketones (excluding diaryl/α,β-unsaturated/α-hetero) is 2. The van der Waals surface area contributed by atoms with Crippen molar-refractivity contribution in [3.05, 3.63) is 49.5 Å². The number of aliphatic hydroxyl groups is 2. The molecule has 0 spiro atoms. The Bertz CT molecular complexity index is 1280. The number of ketones is 2. The molecule has 3 aliphatic rings. The lowest BCUT2D eigenvalue weighted by Crippen LogP contribution is -2.64. The zero-order valence-corrected chi connectivity index (χ0v) is 22.6. The number of carbonyl (C=O) groups excluding carboxylic acids is 4. The number of ether oxygens (including phenoxy) is 2. The van der Waals surface area contributed by atoms with Gasteiger partial charge in [0.1, 0.15) is 22.8 Å². The maximum Gasteiger partial charge on any atom is 0.344 e. The normalized spacial score (nSPS) is 27.0. The fourth-order valence-corrected chi connectivity index (χ4v) is 6.35. The fraction of sp³-hybridized carbons (Fsp3) is 0.440. The Balaban J connectivity index is 1.90. The van der Waals surface area contributed by atoms with Crippen molar-refractivity contribution in [3.63, 3.8) is 0 Å². The van der Waals surface area contributed by atoms with E-state index in [1.165, 1.54) is 6.07 Å². The van der Waals surface area contributed by atoms with Crippen LogP contribution in [0.1, 0.15) is 29.3 Å². The summed E-state index contributed by atoms with van der Waals surface area (Å²) in [6, 6.07) is 2.07. The minimum Gasteiger partial charge on any atom is -0.508 e. The average Bonchev–Trinajstić information content (AvgIpc) is 2.81. The van der Waals surface area contributed by atoms with Crippen LogP contribution in [0.3, 0.4) is 0 Å². The number of esters is 1. The molecule has 0 radical (unpaired) electrons. The Morgan fingerprint density at radius 2 is 1.92 bits per heavy atom. The third-order valence-corrected chi connectivity index (χ3v) is 8.19. The third-order valence-electron chi connectivity index (χ3n) is 7.18. The number of aliphatic hydroxyl groups excluding tert-OH is 1. The number of primary amides is 1. The molecule has 198 valence electrons. The Morgan fingerprint density at radius 1 is 1.24 bits per heavy atom. The van der Waals surface area contributed by atoms with Gasteiger partial charge in [0, 0.05) is 15.1 Å². The van der Waals surface area contributed by atoms with Gasteiger partial charge in [-0.25, -0.2) is 4.79 Å². The molecule has 12 heteroatoms. The summed E-state index contributed by atoms with van der Waals surface area (Å²) < 4.78 is 11.2. The highest BCUT2D eigenvalue weighted by molar-refractivity contribution is 14.1. The SMILES string of the molecule is CCOC(=O)COC1=C(C(N)=O)C(=O)[C@@]2(O)C(O)=C3C(=O)c4c(O)ccc(I)c4C[C@H]3C[C@H]2[C@@H]1N(C)C. The fourth-order valence-electron chi connectivity index (χ4n) is 5.68. The van der Waals surface area contributed by atoms with E-state index in [0.717, 1.165) is 3.57 Å². The van der Waals surface area contributed by atoms with Crippen LogP contribution in [-0.4, -0.2) is 82.6 Å². The lowest BCUT2D eigenvalue weighted by Gasteiger charge is -2.50. The van der Waals surface area contributed by atoms with E-state index < -0.39 is 64.9 Å². The van der Waals surface area contributed by atoms with Crippen LogP contribution >= 0.6 is 22.6 Å². The molecule has 4 atom stereocenters. The quantitative estimate of drug-likeness (QED) is 0.200. The number of nitrogens with zero attached hydrogens (tertiary/aromatic N) is 1. The number of allylic oxidation sites excluding steroid dienone is 1. The van der Waals surface area contributed by atoms with E-state index in [1.54, 1.807) is 32.0 Å². The second-order valence-corrected chi connectivity index (χ2v) is 10.6. The minimum absolute atomic E-state index is 0.00305. The molecular formula is C25H27IN2O9. The summed E-state index contributed by atoms with van der Waals surface area (Å²) in [6.45, 7) is 1.09. The number of nitrogens with two attached hydrogens (primary N) is 1. The van der Waals surface area contributed by atoms with Crippen molar-refractivity contribution in [1.29, 1.82) is 0 Å². The van der Waals surface area contributed by atoms with Crippen LogP contribution < -0.4 is 5.73 Å². The molecule has 0 aliphatic heterocycles. The monoisotopic (exact) mass is 626 g/mol. The predicted molar refractivity (Wildman–Crippen MR) is 136 cm³/mol. The number of carbonyl (C=O) groups is 4. The van der Waals surface area contributed by atoms with Gasteiger partial charge in [0.25, 0.3) is 5.91 Å². The first-order chi connectivity index (χ1) is 17.4. The second kappa shape index (κ2) is 9.72. The van der Waals surface area contributed by atoms with Crippen LogP contribution in [-0.2, 0) is 30.3 Å². The summed E-state index contributed by atoms with van der Waals surface area (Å²) in [5, 5.41) is 33.5. The van der Waals surface area contributed by atoms with E-state index in [9.17, 15) is 34.5 Å². The smallest absolute Gasteiger partial charge is 0.344 e. The molecule has 3 aliphatic carbocycles. The van der Waals surface area contributed by atoms with Crippen LogP contribution in [0.5, 0.6) is 5.75 Å². The number of likely N-dealkylation sites (N-methyl/N-ethyl adjacent to an activating group) is 1. The number of fused-ring (bicyclic) bond motifs is 3. The van der Waals surface area contributed by atoms with Crippen molar-refractivity contribution in [2.24, 2.45) is 17.6 Å². The molecular weight excluding hydrogens is 599 g/mol. The van der Waals surface area contributed by atoms with Gasteiger partial charge in [-0.3, -0.25) is 19.3 Å². The molecule has 0 fully saturated rings. The Morgan fingerprint density at radius 3 is 2.51 bits per heavy atom. The third kappa shape index (κ3) is 4.10. The zero-order chi connectivity index (χ0) is 27.4. The van der Waals surface area contributed by atoms with Gasteiger partial charge < -0.3 is 30.5 Å². The molecule has 5 N–H and O–H groups in total. The molecule has 11 nitrogen and oxygen atoms in total. The lowest BCUT2D eigenvalue weighted by molar-refractivity contribution is -0.153. The lowest BCUT2D eigenvalue weighted by atomic mass is 9.58. The molecule has 0 saturated carbocycles. The number of halogens is 1. The van der Waals surface area contributed by atoms with Crippen molar-refractivity contribution in [2.45, 2.75) is 31.4 Å². The van der Waals surface area contributed by atoms with E-state index >= 15 is 0 Å². The number of hydrogen-bond donors (Lipinski definition) is 4. The van der Waals surface area contributed by atoms with E-state index in [4.69, 9.17) is 15.2 Å². The molecule has 1 aromatic rings. The Labute approximate surface area is 226 Å². The standard InChI is InChI=1S/C25H27IN2O9/c1-4-36-15(30)9-37-21-18(24(27)34)23(33)25(35)12(19(21)28(2)3)8-10-7-11-13(26)5-6-14(29)17(11)20(31)16(10)22(25)32/h5-6,10,12,19,29,32,35H,4,7-9H2,1-3H3,(H2,27,34)/t10-,12-,19-,25-/m0/s1.